The van der Waals surface area contributed by atoms with Crippen molar-refractivity contribution in [2.45, 2.75) is 23.7 Å². The first-order chi connectivity index (χ1) is 13.2. The Morgan fingerprint density at radius 2 is 1.79 bits per heavy atom. The van der Waals surface area contributed by atoms with Crippen LogP contribution in [-0.4, -0.2) is 55.8 Å². The van der Waals surface area contributed by atoms with E-state index in [0.29, 0.717) is 12.2 Å². The third-order valence-corrected chi connectivity index (χ3v) is 6.23. The third-order valence-electron chi connectivity index (χ3n) is 4.34. The van der Waals surface area contributed by atoms with Gasteiger partial charge in [0.05, 0.1) is 35.1 Å². The summed E-state index contributed by atoms with van der Waals surface area (Å²) in [6.07, 6.45) is -0.0628. The molecule has 1 aromatic carbocycles. The van der Waals surface area contributed by atoms with E-state index in [9.17, 15) is 21.6 Å². The van der Waals surface area contributed by atoms with Gasteiger partial charge in [0.15, 0.2) is 0 Å². The van der Waals surface area contributed by atoms with Crippen LogP contribution in [0.3, 0.4) is 0 Å². The molecule has 0 atom stereocenters. The number of hydrogen-bond donors (Lipinski definition) is 0. The van der Waals surface area contributed by atoms with Gasteiger partial charge in [-0.25, -0.2) is 13.1 Å². The Morgan fingerprint density at radius 1 is 1.11 bits per heavy atom. The quantitative estimate of drug-likeness (QED) is 0.623. The minimum atomic E-state index is -4.75. The van der Waals surface area contributed by atoms with Crippen LogP contribution in [0.2, 0.25) is 0 Å². The van der Waals surface area contributed by atoms with E-state index < -0.39 is 26.7 Å². The standard InChI is InChI=1S/C15H14F3N7O2S/c16-15(17,18)13-3-1-2-4-14(13)28(26,27)23-9-12(10-23)24-7-11(21-22-24)8-25-19-5-6-20-25/h1-7,12H,8-10H2. The molecule has 0 bridgehead atoms. The van der Waals surface area contributed by atoms with Crippen molar-refractivity contribution in [1.82, 2.24) is 34.3 Å². The molecule has 0 unspecified atom stereocenters. The minimum Gasteiger partial charge on any atom is -0.246 e. The van der Waals surface area contributed by atoms with Crippen molar-refractivity contribution in [2.24, 2.45) is 0 Å². The highest BCUT2D eigenvalue weighted by molar-refractivity contribution is 7.89. The van der Waals surface area contributed by atoms with Crippen LogP contribution < -0.4 is 0 Å². The minimum absolute atomic E-state index is 0.0113. The number of aromatic nitrogens is 6. The molecule has 0 saturated carbocycles. The molecule has 13 heteroatoms. The molecular weight excluding hydrogens is 399 g/mol. The fraction of sp³-hybridized carbons (Fsp3) is 0.333. The summed E-state index contributed by atoms with van der Waals surface area (Å²) in [4.78, 5) is 0.671. The molecule has 28 heavy (non-hydrogen) atoms. The monoisotopic (exact) mass is 413 g/mol. The number of sulfonamides is 1. The molecule has 4 rings (SSSR count). The second-order valence-corrected chi connectivity index (χ2v) is 8.13. The van der Waals surface area contributed by atoms with E-state index in [-0.39, 0.29) is 19.1 Å². The summed E-state index contributed by atoms with van der Waals surface area (Å²) in [5.74, 6) is 0. The van der Waals surface area contributed by atoms with Crippen molar-refractivity contribution < 1.29 is 21.6 Å². The lowest BCUT2D eigenvalue weighted by Crippen LogP contribution is -2.51. The van der Waals surface area contributed by atoms with Crippen molar-refractivity contribution in [3.63, 3.8) is 0 Å². The Balaban J connectivity index is 1.47. The summed E-state index contributed by atoms with van der Waals surface area (Å²) in [5, 5.41) is 15.9. The van der Waals surface area contributed by atoms with Gasteiger partial charge < -0.3 is 0 Å². The van der Waals surface area contributed by atoms with Crippen LogP contribution in [0.4, 0.5) is 13.2 Å². The average Bonchev–Trinajstić information content (AvgIpc) is 3.25. The predicted molar refractivity (Wildman–Crippen MR) is 88.4 cm³/mol. The maximum atomic E-state index is 13.1. The molecular formula is C15H14F3N7O2S. The third kappa shape index (κ3) is 3.38. The van der Waals surface area contributed by atoms with Crippen LogP contribution in [-0.2, 0) is 22.7 Å². The smallest absolute Gasteiger partial charge is 0.246 e. The highest BCUT2D eigenvalue weighted by Crippen LogP contribution is 2.37. The van der Waals surface area contributed by atoms with Crippen molar-refractivity contribution in [2.75, 3.05) is 13.1 Å². The maximum absolute atomic E-state index is 13.1. The second kappa shape index (κ2) is 6.67. The molecule has 1 saturated heterocycles. The van der Waals surface area contributed by atoms with Crippen LogP contribution in [0.25, 0.3) is 0 Å². The number of rotatable bonds is 5. The highest BCUT2D eigenvalue weighted by atomic mass is 32.2. The molecule has 0 spiro atoms. The summed E-state index contributed by atoms with van der Waals surface area (Å²) in [6, 6.07) is 3.85. The van der Waals surface area contributed by atoms with E-state index in [1.807, 2.05) is 0 Å². The largest absolute Gasteiger partial charge is 0.417 e. The molecule has 9 nitrogen and oxygen atoms in total. The predicted octanol–water partition coefficient (Wildman–Crippen LogP) is 1.18. The van der Waals surface area contributed by atoms with Gasteiger partial charge in [0.1, 0.15) is 12.2 Å². The van der Waals surface area contributed by atoms with Crippen molar-refractivity contribution in [3.8, 4) is 0 Å². The number of benzene rings is 1. The van der Waals surface area contributed by atoms with E-state index in [2.05, 4.69) is 20.5 Å². The normalized spacial score (nSPS) is 16.2. The van der Waals surface area contributed by atoms with Gasteiger partial charge in [0.2, 0.25) is 10.0 Å². The van der Waals surface area contributed by atoms with E-state index >= 15 is 0 Å². The van der Waals surface area contributed by atoms with E-state index in [4.69, 9.17) is 0 Å². The van der Waals surface area contributed by atoms with Gasteiger partial charge in [0, 0.05) is 13.1 Å². The first kappa shape index (κ1) is 18.6. The van der Waals surface area contributed by atoms with Gasteiger partial charge in [0.25, 0.3) is 0 Å². The molecule has 1 fully saturated rings. The van der Waals surface area contributed by atoms with Gasteiger partial charge in [-0.05, 0) is 12.1 Å². The first-order valence-electron chi connectivity index (χ1n) is 8.16. The average molecular weight is 413 g/mol. The SMILES string of the molecule is O=S(=O)(c1ccccc1C(F)(F)F)N1CC(n2cc(Cn3nccn3)nn2)C1. The Labute approximate surface area is 157 Å². The van der Waals surface area contributed by atoms with Gasteiger partial charge in [-0.1, -0.05) is 17.3 Å². The molecule has 0 amide bonds. The Bertz CT molecular complexity index is 1070. The Kier molecular flexibility index (Phi) is 4.42. The van der Waals surface area contributed by atoms with E-state index in [1.165, 1.54) is 27.9 Å². The molecule has 148 valence electrons. The zero-order valence-electron chi connectivity index (χ0n) is 14.2. The topological polar surface area (TPSA) is 98.8 Å². The molecule has 0 aliphatic carbocycles. The summed E-state index contributed by atoms with van der Waals surface area (Å²) in [6.45, 7) is 0.329. The van der Waals surface area contributed by atoms with Gasteiger partial charge in [-0.2, -0.15) is 32.5 Å². The maximum Gasteiger partial charge on any atom is 0.417 e. The fourth-order valence-corrected chi connectivity index (χ4v) is 4.61. The molecule has 1 aliphatic rings. The molecule has 0 radical (unpaired) electrons. The zero-order valence-corrected chi connectivity index (χ0v) is 15.0. The van der Waals surface area contributed by atoms with Crippen LogP contribution >= 0.6 is 0 Å². The summed E-state index contributed by atoms with van der Waals surface area (Å²) in [5.41, 5.74) is -0.590. The van der Waals surface area contributed by atoms with Gasteiger partial charge >= 0.3 is 6.18 Å². The lowest BCUT2D eigenvalue weighted by molar-refractivity contribution is -0.139. The summed E-state index contributed by atoms with van der Waals surface area (Å²) >= 11 is 0. The van der Waals surface area contributed by atoms with Crippen LogP contribution in [0.15, 0.2) is 47.8 Å². The number of nitrogens with zero attached hydrogens (tertiary/aromatic N) is 7. The molecule has 3 heterocycles. The van der Waals surface area contributed by atoms with Gasteiger partial charge in [-0.15, -0.1) is 5.10 Å². The Morgan fingerprint density at radius 3 is 2.46 bits per heavy atom. The van der Waals surface area contributed by atoms with Crippen LogP contribution in [0, 0.1) is 0 Å². The van der Waals surface area contributed by atoms with Crippen molar-refractivity contribution in [3.05, 3.63) is 54.1 Å². The number of alkyl halides is 3. The second-order valence-electron chi connectivity index (χ2n) is 6.22. The summed E-state index contributed by atoms with van der Waals surface area (Å²) < 4.78 is 67.2. The van der Waals surface area contributed by atoms with Crippen LogP contribution in [0.1, 0.15) is 17.3 Å². The molecule has 2 aromatic heterocycles. The molecule has 1 aliphatic heterocycles. The first-order valence-corrected chi connectivity index (χ1v) is 9.60. The molecule has 0 N–H and O–H groups in total. The van der Waals surface area contributed by atoms with E-state index in [0.717, 1.165) is 22.5 Å². The molecule has 3 aromatic rings. The number of halogens is 3. The van der Waals surface area contributed by atoms with Crippen molar-refractivity contribution >= 4 is 10.0 Å². The Hall–Kier alpha value is -2.80. The van der Waals surface area contributed by atoms with E-state index in [1.54, 1.807) is 6.20 Å². The lowest BCUT2D eigenvalue weighted by Gasteiger charge is -2.38. The highest BCUT2D eigenvalue weighted by Gasteiger charge is 2.43. The van der Waals surface area contributed by atoms with Crippen molar-refractivity contribution in [1.29, 1.82) is 0 Å². The number of hydrogen-bond acceptors (Lipinski definition) is 6. The lowest BCUT2D eigenvalue weighted by atomic mass is 10.2. The van der Waals surface area contributed by atoms with Crippen LogP contribution in [0.5, 0.6) is 0 Å². The van der Waals surface area contributed by atoms with Gasteiger partial charge in [-0.3, -0.25) is 0 Å². The zero-order chi connectivity index (χ0) is 19.9. The fourth-order valence-electron chi connectivity index (χ4n) is 2.88. The summed E-state index contributed by atoms with van der Waals surface area (Å²) in [7, 11) is -4.26.